The van der Waals surface area contributed by atoms with Gasteiger partial charge in [0.1, 0.15) is 5.38 Å². The van der Waals surface area contributed by atoms with E-state index in [1.165, 1.54) is 0 Å². The maximum Gasteiger partial charge on any atom is 0.245 e. The van der Waals surface area contributed by atoms with E-state index in [2.05, 4.69) is 0 Å². The summed E-state index contributed by atoms with van der Waals surface area (Å²) >= 11 is 6.11. The van der Waals surface area contributed by atoms with Crippen molar-refractivity contribution in [1.29, 1.82) is 0 Å². The van der Waals surface area contributed by atoms with E-state index in [-0.39, 0.29) is 11.3 Å². The van der Waals surface area contributed by atoms with Crippen molar-refractivity contribution >= 4 is 23.2 Å². The van der Waals surface area contributed by atoms with Crippen molar-refractivity contribution in [1.82, 2.24) is 0 Å². The number of amides is 1. The predicted octanol–water partition coefficient (Wildman–Crippen LogP) is 2.67. The molecule has 1 atom stereocenters. The smallest absolute Gasteiger partial charge is 0.245 e. The third-order valence-electron chi connectivity index (χ3n) is 2.80. The van der Waals surface area contributed by atoms with E-state index in [1.807, 2.05) is 44.2 Å². The molecule has 1 heterocycles. The van der Waals surface area contributed by atoms with Gasteiger partial charge in [0, 0.05) is 17.6 Å². The Morgan fingerprint density at radius 2 is 1.93 bits per heavy atom. The Morgan fingerprint density at radius 3 is 2.40 bits per heavy atom. The number of alkyl halides is 1. The topological polar surface area (TPSA) is 20.3 Å². The normalized spacial score (nSPS) is 24.6. The van der Waals surface area contributed by atoms with E-state index in [9.17, 15) is 4.79 Å². The van der Waals surface area contributed by atoms with Crippen LogP contribution in [0.25, 0.3) is 0 Å². The summed E-state index contributed by atoms with van der Waals surface area (Å²) in [6, 6.07) is 9.66. The first-order valence-electron chi connectivity index (χ1n) is 5.03. The molecular weight excluding hydrogens is 210 g/mol. The van der Waals surface area contributed by atoms with E-state index in [0.29, 0.717) is 6.54 Å². The largest absolute Gasteiger partial charge is 0.311 e. The molecule has 0 aliphatic carbocycles. The van der Waals surface area contributed by atoms with Crippen LogP contribution >= 0.6 is 11.6 Å². The fourth-order valence-electron chi connectivity index (χ4n) is 1.86. The molecule has 1 aliphatic heterocycles. The summed E-state index contributed by atoms with van der Waals surface area (Å²) in [7, 11) is 0. The maximum absolute atomic E-state index is 11.9. The van der Waals surface area contributed by atoms with Crippen LogP contribution in [0.5, 0.6) is 0 Å². The van der Waals surface area contributed by atoms with E-state index in [1.54, 1.807) is 4.90 Å². The zero-order chi connectivity index (χ0) is 11.1. The summed E-state index contributed by atoms with van der Waals surface area (Å²) < 4.78 is 0. The fourth-order valence-corrected chi connectivity index (χ4v) is 2.05. The molecule has 1 aliphatic rings. The van der Waals surface area contributed by atoms with Gasteiger partial charge in [-0.3, -0.25) is 4.79 Å². The first kappa shape index (κ1) is 10.5. The Hall–Kier alpha value is -1.02. The number of hydrogen-bond acceptors (Lipinski definition) is 1. The molecule has 0 bridgehead atoms. The van der Waals surface area contributed by atoms with E-state index >= 15 is 0 Å². The first-order valence-corrected chi connectivity index (χ1v) is 5.46. The Bertz CT molecular complexity index is 374. The first-order chi connectivity index (χ1) is 7.02. The second-order valence-corrected chi connectivity index (χ2v) is 5.05. The Kier molecular flexibility index (Phi) is 2.47. The molecule has 1 fully saturated rings. The lowest BCUT2D eigenvalue weighted by Gasteiger charge is -2.19. The fraction of sp³-hybridized carbons (Fsp3) is 0.417. The van der Waals surface area contributed by atoms with Crippen LogP contribution in [0, 0.1) is 5.41 Å². The monoisotopic (exact) mass is 223 g/mol. The van der Waals surface area contributed by atoms with Crippen LogP contribution in [-0.4, -0.2) is 17.8 Å². The Morgan fingerprint density at radius 1 is 1.33 bits per heavy atom. The second kappa shape index (κ2) is 3.53. The van der Waals surface area contributed by atoms with Crippen molar-refractivity contribution < 1.29 is 4.79 Å². The van der Waals surface area contributed by atoms with Crippen LogP contribution in [0.1, 0.15) is 13.8 Å². The molecule has 3 heteroatoms. The SMILES string of the molecule is CC1(C)CN(c2ccccc2)C(=O)C1Cl. The molecule has 2 rings (SSSR count). The van der Waals surface area contributed by atoms with E-state index in [4.69, 9.17) is 11.6 Å². The molecule has 1 saturated heterocycles. The molecule has 15 heavy (non-hydrogen) atoms. The van der Waals surface area contributed by atoms with Crippen LogP contribution in [0.15, 0.2) is 30.3 Å². The van der Waals surface area contributed by atoms with Crippen molar-refractivity contribution in [2.75, 3.05) is 11.4 Å². The molecule has 1 aromatic carbocycles. The van der Waals surface area contributed by atoms with Crippen LogP contribution in [0.3, 0.4) is 0 Å². The van der Waals surface area contributed by atoms with Gasteiger partial charge in [0.2, 0.25) is 5.91 Å². The van der Waals surface area contributed by atoms with Gasteiger partial charge in [-0.2, -0.15) is 0 Å². The van der Waals surface area contributed by atoms with Crippen LogP contribution in [0.2, 0.25) is 0 Å². The van der Waals surface area contributed by atoms with Crippen molar-refractivity contribution in [2.24, 2.45) is 5.41 Å². The number of carbonyl (C=O) groups excluding carboxylic acids is 1. The quantitative estimate of drug-likeness (QED) is 0.671. The van der Waals surface area contributed by atoms with E-state index < -0.39 is 5.38 Å². The zero-order valence-electron chi connectivity index (χ0n) is 8.90. The third-order valence-corrected chi connectivity index (χ3v) is 3.58. The summed E-state index contributed by atoms with van der Waals surface area (Å²) in [5.74, 6) is 0.00728. The number of carbonyl (C=O) groups is 1. The average molecular weight is 224 g/mol. The van der Waals surface area contributed by atoms with Gasteiger partial charge in [-0.05, 0) is 12.1 Å². The third kappa shape index (κ3) is 1.74. The van der Waals surface area contributed by atoms with Crippen molar-refractivity contribution in [2.45, 2.75) is 19.2 Å². The molecule has 80 valence electrons. The van der Waals surface area contributed by atoms with Gasteiger partial charge < -0.3 is 4.90 Å². The predicted molar refractivity (Wildman–Crippen MR) is 62.2 cm³/mol. The van der Waals surface area contributed by atoms with Crippen molar-refractivity contribution in [3.05, 3.63) is 30.3 Å². The van der Waals surface area contributed by atoms with Gasteiger partial charge in [0.25, 0.3) is 0 Å². The lowest BCUT2D eigenvalue weighted by Crippen LogP contribution is -2.27. The molecule has 0 spiro atoms. The average Bonchev–Trinajstić information content (AvgIpc) is 2.44. The van der Waals surface area contributed by atoms with Crippen molar-refractivity contribution in [3.8, 4) is 0 Å². The molecule has 1 amide bonds. The van der Waals surface area contributed by atoms with Gasteiger partial charge in [0.15, 0.2) is 0 Å². The van der Waals surface area contributed by atoms with Crippen LogP contribution < -0.4 is 4.90 Å². The summed E-state index contributed by atoms with van der Waals surface area (Å²) in [6.07, 6.45) is 0. The minimum Gasteiger partial charge on any atom is -0.311 e. The number of benzene rings is 1. The highest BCUT2D eigenvalue weighted by molar-refractivity contribution is 6.34. The number of para-hydroxylation sites is 1. The number of rotatable bonds is 1. The number of hydrogen-bond donors (Lipinski definition) is 0. The van der Waals surface area contributed by atoms with Gasteiger partial charge in [-0.25, -0.2) is 0 Å². The van der Waals surface area contributed by atoms with Crippen molar-refractivity contribution in [3.63, 3.8) is 0 Å². The molecule has 2 nitrogen and oxygen atoms in total. The summed E-state index contributed by atoms with van der Waals surface area (Å²) in [5.41, 5.74) is 0.771. The number of halogens is 1. The van der Waals surface area contributed by atoms with Crippen LogP contribution in [0.4, 0.5) is 5.69 Å². The highest BCUT2D eigenvalue weighted by atomic mass is 35.5. The molecule has 0 radical (unpaired) electrons. The summed E-state index contributed by atoms with van der Waals surface area (Å²) in [5, 5.41) is -0.419. The lowest BCUT2D eigenvalue weighted by atomic mass is 9.92. The molecule has 0 N–H and O–H groups in total. The van der Waals surface area contributed by atoms with Gasteiger partial charge in [0.05, 0.1) is 0 Å². The Labute approximate surface area is 94.8 Å². The maximum atomic E-state index is 11.9. The highest BCUT2D eigenvalue weighted by Crippen LogP contribution is 2.37. The van der Waals surface area contributed by atoms with Gasteiger partial charge in [-0.15, -0.1) is 11.6 Å². The molecular formula is C12H14ClNO. The van der Waals surface area contributed by atoms with E-state index in [0.717, 1.165) is 5.69 Å². The molecule has 0 saturated carbocycles. The molecule has 1 unspecified atom stereocenters. The zero-order valence-corrected chi connectivity index (χ0v) is 9.66. The highest BCUT2D eigenvalue weighted by Gasteiger charge is 2.45. The number of nitrogens with zero attached hydrogens (tertiary/aromatic N) is 1. The Balaban J connectivity index is 2.31. The molecule has 1 aromatic rings. The van der Waals surface area contributed by atoms with Gasteiger partial charge >= 0.3 is 0 Å². The minimum absolute atomic E-state index is 0.00728. The van der Waals surface area contributed by atoms with Crippen LogP contribution in [-0.2, 0) is 4.79 Å². The lowest BCUT2D eigenvalue weighted by molar-refractivity contribution is -0.117. The molecule has 0 aromatic heterocycles. The standard InChI is InChI=1S/C12H14ClNO/c1-12(2)8-14(11(15)10(12)13)9-6-4-3-5-7-9/h3-7,10H,8H2,1-2H3. The summed E-state index contributed by atoms with van der Waals surface area (Å²) in [4.78, 5) is 13.7. The minimum atomic E-state index is -0.419. The number of anilines is 1. The van der Waals surface area contributed by atoms with Gasteiger partial charge in [-0.1, -0.05) is 32.0 Å². The second-order valence-electron chi connectivity index (χ2n) is 4.61. The summed E-state index contributed by atoms with van der Waals surface area (Å²) in [6.45, 7) is 4.72.